The highest BCUT2D eigenvalue weighted by molar-refractivity contribution is 6.71. The van der Waals surface area contributed by atoms with Crippen molar-refractivity contribution in [2.45, 2.75) is 19.6 Å². The summed E-state index contributed by atoms with van der Waals surface area (Å²) in [5, 5.41) is 0. The molecule has 1 aliphatic heterocycles. The van der Waals surface area contributed by atoms with Crippen LogP contribution in [0.1, 0.15) is 5.56 Å². The van der Waals surface area contributed by atoms with Gasteiger partial charge in [-0.25, -0.2) is 0 Å². The van der Waals surface area contributed by atoms with E-state index in [9.17, 15) is 9.59 Å². The maximum atomic E-state index is 12.0. The molecule has 0 unspecified atom stereocenters. The monoisotopic (exact) mass is 347 g/mol. The molecule has 8 heteroatoms. The normalized spacial score (nSPS) is 17.7. The fraction of sp³-hybridized carbons (Fsp3) is 0.375. The molecule has 1 aliphatic rings. The smallest absolute Gasteiger partial charge is 0.548 e. The van der Waals surface area contributed by atoms with Gasteiger partial charge in [-0.15, -0.1) is 0 Å². The topological polar surface area (TPSA) is 65.1 Å². The molecule has 1 saturated heterocycles. The molecule has 0 amide bonds. The Hall–Kier alpha value is -2.06. The van der Waals surface area contributed by atoms with Gasteiger partial charge in [0.1, 0.15) is 5.66 Å². The molecule has 128 valence electrons. The largest absolute Gasteiger partial charge is 0.672 e. The van der Waals surface area contributed by atoms with Crippen molar-refractivity contribution in [3.8, 4) is 0 Å². The van der Waals surface area contributed by atoms with Crippen molar-refractivity contribution in [2.24, 2.45) is 0 Å². The minimum atomic E-state index is -2.01. The van der Waals surface area contributed by atoms with E-state index in [1.54, 1.807) is 18.0 Å². The zero-order chi connectivity index (χ0) is 17.7. The standard InChI is InChI=1S/C16H22BNO5Si/c1-18-11-15(19)21-17(22-16(20)12-18)14(23-24(2,3)4)10-13-8-6-5-7-9-13/h5-10H,11-12H2,1-4H3/b14-10+. The van der Waals surface area contributed by atoms with E-state index in [1.807, 2.05) is 50.0 Å². The third-order valence-electron chi connectivity index (χ3n) is 3.04. The third kappa shape index (κ3) is 5.86. The summed E-state index contributed by atoms with van der Waals surface area (Å²) in [7, 11) is -1.51. The molecule has 0 spiro atoms. The summed E-state index contributed by atoms with van der Waals surface area (Å²) in [4.78, 5) is 25.5. The number of hydrogen-bond donors (Lipinski definition) is 0. The van der Waals surface area contributed by atoms with Crippen molar-refractivity contribution in [2.75, 3.05) is 20.1 Å². The lowest BCUT2D eigenvalue weighted by molar-refractivity contribution is -0.145. The van der Waals surface area contributed by atoms with E-state index < -0.39 is 27.4 Å². The molecule has 0 radical (unpaired) electrons. The van der Waals surface area contributed by atoms with Crippen LogP contribution < -0.4 is 0 Å². The van der Waals surface area contributed by atoms with Crippen LogP contribution in [-0.4, -0.2) is 52.4 Å². The Morgan fingerprint density at radius 2 is 1.67 bits per heavy atom. The predicted molar refractivity (Wildman–Crippen MR) is 94.3 cm³/mol. The quantitative estimate of drug-likeness (QED) is 0.613. The SMILES string of the molecule is CN1CC(=O)OB(/C(=C\c2ccccc2)O[Si](C)(C)C)OC(=O)C1. The summed E-state index contributed by atoms with van der Waals surface area (Å²) in [6.07, 6.45) is 1.74. The number of carbonyl (C=O) groups excluding carboxylic acids is 2. The fourth-order valence-corrected chi connectivity index (χ4v) is 3.03. The molecule has 2 rings (SSSR count). The average Bonchev–Trinajstić information content (AvgIpc) is 2.43. The molecule has 0 aliphatic carbocycles. The number of carbonyl (C=O) groups is 2. The molecule has 0 saturated carbocycles. The summed E-state index contributed by atoms with van der Waals surface area (Å²) in [6.45, 7) is 6.07. The number of rotatable bonds is 4. The Kier molecular flexibility index (Phi) is 5.85. The molecule has 1 fully saturated rings. The van der Waals surface area contributed by atoms with Crippen LogP contribution in [0.2, 0.25) is 19.6 Å². The van der Waals surface area contributed by atoms with Gasteiger partial charge in [0.25, 0.3) is 0 Å². The molecule has 1 aromatic rings. The Labute approximate surface area is 143 Å². The first-order valence-electron chi connectivity index (χ1n) is 7.76. The Bertz CT molecular complexity index is 609. The lowest BCUT2D eigenvalue weighted by Crippen LogP contribution is -2.45. The van der Waals surface area contributed by atoms with Crippen LogP contribution in [-0.2, 0) is 23.3 Å². The number of benzene rings is 1. The van der Waals surface area contributed by atoms with Crippen LogP contribution >= 0.6 is 0 Å². The molecule has 0 N–H and O–H groups in total. The van der Waals surface area contributed by atoms with Crippen LogP contribution in [0, 0.1) is 0 Å². The second-order valence-electron chi connectivity index (χ2n) is 6.66. The van der Waals surface area contributed by atoms with Crippen LogP contribution in [0.4, 0.5) is 0 Å². The van der Waals surface area contributed by atoms with Crippen molar-refractivity contribution in [3.05, 3.63) is 41.6 Å². The van der Waals surface area contributed by atoms with Crippen molar-refractivity contribution < 1.29 is 23.3 Å². The maximum Gasteiger partial charge on any atom is 0.672 e. The number of nitrogens with zero attached hydrogens (tertiary/aromatic N) is 1. The molecule has 0 atom stereocenters. The summed E-state index contributed by atoms with van der Waals surface area (Å²) < 4.78 is 16.7. The summed E-state index contributed by atoms with van der Waals surface area (Å²) in [5.74, 6) is -0.929. The first-order chi connectivity index (χ1) is 11.2. The Balaban J connectivity index is 2.32. The maximum absolute atomic E-state index is 12.0. The van der Waals surface area contributed by atoms with Crippen molar-refractivity contribution in [1.29, 1.82) is 0 Å². The zero-order valence-electron chi connectivity index (χ0n) is 14.4. The Morgan fingerprint density at radius 3 is 2.17 bits per heavy atom. The molecular weight excluding hydrogens is 325 g/mol. The summed E-state index contributed by atoms with van der Waals surface area (Å²) >= 11 is 0. The molecule has 24 heavy (non-hydrogen) atoms. The van der Waals surface area contributed by atoms with Crippen molar-refractivity contribution in [1.82, 2.24) is 4.90 Å². The number of hydrogen-bond acceptors (Lipinski definition) is 6. The molecule has 0 bridgehead atoms. The van der Waals surface area contributed by atoms with E-state index in [-0.39, 0.29) is 13.1 Å². The lowest BCUT2D eigenvalue weighted by atomic mass is 9.84. The summed E-state index contributed by atoms with van der Waals surface area (Å²) in [5.41, 5.74) is 1.21. The van der Waals surface area contributed by atoms with E-state index in [1.165, 1.54) is 0 Å². The molecular formula is C16H22BNO5Si. The predicted octanol–water partition coefficient (Wildman–Crippen LogP) is 1.94. The highest BCUT2D eigenvalue weighted by atomic mass is 28.4. The van der Waals surface area contributed by atoms with Gasteiger partial charge in [0.15, 0.2) is 0 Å². The highest BCUT2D eigenvalue weighted by Gasteiger charge is 2.39. The minimum Gasteiger partial charge on any atom is -0.548 e. The third-order valence-corrected chi connectivity index (χ3v) is 3.89. The molecule has 0 aromatic heterocycles. The van der Waals surface area contributed by atoms with E-state index in [0.717, 1.165) is 5.56 Å². The van der Waals surface area contributed by atoms with Gasteiger partial charge in [-0.1, -0.05) is 30.3 Å². The first kappa shape index (κ1) is 18.3. The van der Waals surface area contributed by atoms with E-state index >= 15 is 0 Å². The average molecular weight is 347 g/mol. The van der Waals surface area contributed by atoms with Crippen LogP contribution in [0.3, 0.4) is 0 Å². The first-order valence-corrected chi connectivity index (χ1v) is 11.2. The van der Waals surface area contributed by atoms with Gasteiger partial charge in [0, 0.05) is 0 Å². The van der Waals surface area contributed by atoms with Crippen LogP contribution in [0.5, 0.6) is 0 Å². The van der Waals surface area contributed by atoms with Gasteiger partial charge in [-0.05, 0) is 38.3 Å². The van der Waals surface area contributed by atoms with Gasteiger partial charge in [-0.3, -0.25) is 14.5 Å². The van der Waals surface area contributed by atoms with E-state index in [0.29, 0.717) is 5.66 Å². The van der Waals surface area contributed by atoms with Crippen molar-refractivity contribution in [3.63, 3.8) is 0 Å². The second-order valence-corrected chi connectivity index (χ2v) is 11.1. The molecule has 6 nitrogen and oxygen atoms in total. The molecule has 1 heterocycles. The van der Waals surface area contributed by atoms with Crippen LogP contribution in [0.15, 0.2) is 36.0 Å². The van der Waals surface area contributed by atoms with Gasteiger partial charge >= 0.3 is 19.1 Å². The second kappa shape index (κ2) is 7.67. The zero-order valence-corrected chi connectivity index (χ0v) is 15.4. The van der Waals surface area contributed by atoms with E-state index in [2.05, 4.69) is 0 Å². The van der Waals surface area contributed by atoms with Gasteiger partial charge in [0.05, 0.1) is 13.1 Å². The highest BCUT2D eigenvalue weighted by Crippen LogP contribution is 2.19. The minimum absolute atomic E-state index is 0.0250. The van der Waals surface area contributed by atoms with Gasteiger partial charge in [-0.2, -0.15) is 0 Å². The van der Waals surface area contributed by atoms with Crippen LogP contribution in [0.25, 0.3) is 6.08 Å². The number of likely N-dealkylation sites (N-methyl/N-ethyl adjacent to an activating group) is 1. The fourth-order valence-electron chi connectivity index (χ4n) is 2.16. The van der Waals surface area contributed by atoms with Crippen molar-refractivity contribution >= 4 is 33.5 Å². The summed E-state index contributed by atoms with van der Waals surface area (Å²) in [6, 6.07) is 9.48. The van der Waals surface area contributed by atoms with E-state index in [4.69, 9.17) is 13.7 Å². The van der Waals surface area contributed by atoms with Gasteiger partial charge < -0.3 is 13.7 Å². The molecule has 1 aromatic carbocycles. The lowest BCUT2D eigenvalue weighted by Gasteiger charge is -2.27. The van der Waals surface area contributed by atoms with Gasteiger partial charge in [0.2, 0.25) is 8.32 Å². The Morgan fingerprint density at radius 1 is 1.12 bits per heavy atom.